The number of phenolic OH excluding ortho intramolecular Hbond substituents is 1. The van der Waals surface area contributed by atoms with Crippen LogP contribution in [0.1, 0.15) is 43.9 Å². The molecule has 2 heterocycles. The third-order valence-corrected chi connectivity index (χ3v) is 6.94. The maximum Gasteiger partial charge on any atom is 0.300 e. The molecule has 3 aromatic rings. The highest BCUT2D eigenvalue weighted by Crippen LogP contribution is 2.43. The van der Waals surface area contributed by atoms with Gasteiger partial charge < -0.3 is 19.8 Å². The van der Waals surface area contributed by atoms with Crippen LogP contribution in [0.25, 0.3) is 5.76 Å². The Morgan fingerprint density at radius 2 is 1.61 bits per heavy atom. The molecule has 2 aliphatic rings. The molecule has 2 fully saturated rings. The van der Waals surface area contributed by atoms with Crippen molar-refractivity contribution >= 4 is 28.8 Å². The smallest absolute Gasteiger partial charge is 0.300 e. The summed E-state index contributed by atoms with van der Waals surface area (Å²) in [5, 5.41) is 21.5. The summed E-state index contributed by atoms with van der Waals surface area (Å²) in [5.74, 6) is -0.762. The van der Waals surface area contributed by atoms with Crippen molar-refractivity contribution in [2.75, 3.05) is 29.5 Å². The monoisotopic (exact) mass is 512 g/mol. The molecule has 5 rings (SSSR count). The van der Waals surface area contributed by atoms with Gasteiger partial charge in [-0.3, -0.25) is 14.5 Å². The highest BCUT2D eigenvalue weighted by Gasteiger charge is 2.47. The van der Waals surface area contributed by atoms with E-state index in [0.717, 1.165) is 31.6 Å². The Morgan fingerprint density at radius 3 is 2.24 bits per heavy atom. The first-order valence-corrected chi connectivity index (χ1v) is 13.0. The maximum atomic E-state index is 13.4. The average molecular weight is 513 g/mol. The predicted molar refractivity (Wildman–Crippen MR) is 148 cm³/mol. The van der Waals surface area contributed by atoms with Crippen molar-refractivity contribution in [3.8, 4) is 11.5 Å². The molecule has 7 heteroatoms. The first-order chi connectivity index (χ1) is 18.3. The minimum absolute atomic E-state index is 0.00382. The number of ether oxygens (including phenoxy) is 1. The first-order valence-electron chi connectivity index (χ1n) is 13.0. The molecule has 0 aromatic heterocycles. The number of rotatable bonds is 7. The third-order valence-electron chi connectivity index (χ3n) is 6.94. The summed E-state index contributed by atoms with van der Waals surface area (Å²) in [5.41, 5.74) is 2.50. The number of ketones is 1. The van der Waals surface area contributed by atoms with E-state index in [1.165, 1.54) is 17.0 Å². The number of anilines is 2. The van der Waals surface area contributed by atoms with Gasteiger partial charge in [0.15, 0.2) is 0 Å². The Morgan fingerprint density at radius 1 is 0.947 bits per heavy atom. The Hall–Kier alpha value is -4.26. The molecule has 2 saturated heterocycles. The van der Waals surface area contributed by atoms with Gasteiger partial charge >= 0.3 is 0 Å². The molecule has 0 radical (unpaired) electrons. The van der Waals surface area contributed by atoms with Crippen molar-refractivity contribution in [2.24, 2.45) is 5.92 Å². The van der Waals surface area contributed by atoms with Crippen molar-refractivity contribution in [2.45, 2.75) is 32.7 Å². The van der Waals surface area contributed by atoms with Crippen molar-refractivity contribution in [3.05, 3.63) is 89.5 Å². The number of aliphatic hydroxyl groups is 1. The number of hydrogen-bond donors (Lipinski definition) is 2. The van der Waals surface area contributed by atoms with Gasteiger partial charge in [0.2, 0.25) is 0 Å². The number of aromatic hydroxyl groups is 1. The lowest BCUT2D eigenvalue weighted by Gasteiger charge is -2.26. The molecular formula is C31H32N2O5. The number of carbonyl (C=O) groups is 2. The zero-order chi connectivity index (χ0) is 26.8. The van der Waals surface area contributed by atoms with Crippen molar-refractivity contribution in [1.82, 2.24) is 0 Å². The molecule has 2 aliphatic heterocycles. The van der Waals surface area contributed by atoms with E-state index in [9.17, 15) is 19.8 Å². The van der Waals surface area contributed by atoms with Crippen LogP contribution < -0.4 is 14.5 Å². The van der Waals surface area contributed by atoms with Crippen LogP contribution in [0.15, 0.2) is 78.4 Å². The highest BCUT2D eigenvalue weighted by atomic mass is 16.5. The third kappa shape index (κ3) is 4.96. The molecule has 196 valence electrons. The van der Waals surface area contributed by atoms with E-state index >= 15 is 0 Å². The molecule has 38 heavy (non-hydrogen) atoms. The van der Waals surface area contributed by atoms with Crippen LogP contribution in [0, 0.1) is 5.92 Å². The summed E-state index contributed by atoms with van der Waals surface area (Å²) >= 11 is 0. The average Bonchev–Trinajstić information content (AvgIpc) is 3.55. The number of aliphatic hydroxyl groups excluding tert-OH is 1. The summed E-state index contributed by atoms with van der Waals surface area (Å²) in [7, 11) is 0. The topological polar surface area (TPSA) is 90.3 Å². The lowest BCUT2D eigenvalue weighted by Crippen LogP contribution is -2.29. The van der Waals surface area contributed by atoms with E-state index < -0.39 is 17.7 Å². The summed E-state index contributed by atoms with van der Waals surface area (Å²) in [6.07, 6.45) is 2.30. The van der Waals surface area contributed by atoms with E-state index in [1.807, 2.05) is 24.3 Å². The number of phenols is 1. The maximum absolute atomic E-state index is 13.4. The highest BCUT2D eigenvalue weighted by molar-refractivity contribution is 6.51. The fraction of sp³-hybridized carbons (Fsp3) is 0.290. The second-order valence-electron chi connectivity index (χ2n) is 10.2. The predicted octanol–water partition coefficient (Wildman–Crippen LogP) is 5.65. The summed E-state index contributed by atoms with van der Waals surface area (Å²) < 4.78 is 5.73. The Kier molecular flexibility index (Phi) is 7.09. The number of amides is 1. The van der Waals surface area contributed by atoms with E-state index in [0.29, 0.717) is 35.1 Å². The molecule has 0 saturated carbocycles. The second kappa shape index (κ2) is 10.6. The van der Waals surface area contributed by atoms with Gasteiger partial charge in [0.05, 0.1) is 18.2 Å². The minimum atomic E-state index is -0.906. The van der Waals surface area contributed by atoms with Crippen molar-refractivity contribution in [3.63, 3.8) is 0 Å². The number of nitrogens with zero attached hydrogens (tertiary/aromatic N) is 2. The van der Waals surface area contributed by atoms with E-state index in [2.05, 4.69) is 18.7 Å². The van der Waals surface area contributed by atoms with Gasteiger partial charge in [-0.2, -0.15) is 0 Å². The molecule has 0 spiro atoms. The molecule has 1 atom stereocenters. The van der Waals surface area contributed by atoms with Gasteiger partial charge in [-0.15, -0.1) is 0 Å². The van der Waals surface area contributed by atoms with Crippen LogP contribution in [-0.4, -0.2) is 41.6 Å². The normalized spacial score (nSPS) is 19.0. The van der Waals surface area contributed by atoms with Crippen LogP contribution in [0.2, 0.25) is 0 Å². The second-order valence-corrected chi connectivity index (χ2v) is 10.2. The summed E-state index contributed by atoms with van der Waals surface area (Å²) in [6, 6.07) is 19.9. The lowest BCUT2D eigenvalue weighted by atomic mass is 9.95. The van der Waals surface area contributed by atoms with Crippen LogP contribution in [0.3, 0.4) is 0 Å². The molecule has 1 amide bonds. The van der Waals surface area contributed by atoms with Crippen LogP contribution in [0.4, 0.5) is 11.4 Å². The number of benzene rings is 3. The van der Waals surface area contributed by atoms with Gasteiger partial charge in [-0.05, 0) is 85.0 Å². The molecule has 2 N–H and O–H groups in total. The van der Waals surface area contributed by atoms with Gasteiger partial charge in [0.25, 0.3) is 11.7 Å². The fourth-order valence-corrected chi connectivity index (χ4v) is 5.04. The quantitative estimate of drug-likeness (QED) is 0.241. The van der Waals surface area contributed by atoms with E-state index in [4.69, 9.17) is 4.74 Å². The standard InChI is InChI=1S/C31H32N2O5/c1-20(2)19-38-26-14-8-21(9-15-26)29(35)27-28(22-6-5-7-25(34)18-22)33(31(37)30(27)36)24-12-10-23(11-13-24)32-16-3-4-17-32/h5-15,18,20,28,34-35H,3-4,16-17,19H2,1-2H3/b29-27+. The zero-order valence-corrected chi connectivity index (χ0v) is 21.6. The van der Waals surface area contributed by atoms with Crippen LogP contribution in [0.5, 0.6) is 11.5 Å². The first kappa shape index (κ1) is 25.4. The van der Waals surface area contributed by atoms with E-state index in [-0.39, 0.29) is 17.1 Å². The Bertz CT molecular complexity index is 1360. The van der Waals surface area contributed by atoms with E-state index in [1.54, 1.807) is 36.4 Å². The van der Waals surface area contributed by atoms with Crippen molar-refractivity contribution in [1.29, 1.82) is 0 Å². The lowest BCUT2D eigenvalue weighted by molar-refractivity contribution is -0.132. The largest absolute Gasteiger partial charge is 0.508 e. The minimum Gasteiger partial charge on any atom is -0.508 e. The zero-order valence-electron chi connectivity index (χ0n) is 21.6. The molecule has 0 bridgehead atoms. The summed E-state index contributed by atoms with van der Waals surface area (Å²) in [6.45, 7) is 6.66. The van der Waals surface area contributed by atoms with Crippen LogP contribution in [-0.2, 0) is 9.59 Å². The van der Waals surface area contributed by atoms with Gasteiger partial charge in [-0.1, -0.05) is 26.0 Å². The molecular weight excluding hydrogens is 480 g/mol. The van der Waals surface area contributed by atoms with Gasteiger partial charge in [0.1, 0.15) is 17.3 Å². The SMILES string of the molecule is CC(C)COc1ccc(/C(O)=C2\C(=O)C(=O)N(c3ccc(N4CCCC4)cc3)C2c2cccc(O)c2)cc1. The molecule has 0 aliphatic carbocycles. The van der Waals surface area contributed by atoms with Crippen molar-refractivity contribution < 1.29 is 24.5 Å². The fourth-order valence-electron chi connectivity index (χ4n) is 5.04. The Balaban J connectivity index is 1.55. The van der Waals surface area contributed by atoms with Crippen LogP contribution >= 0.6 is 0 Å². The molecule has 7 nitrogen and oxygen atoms in total. The number of Topliss-reactive ketones (excluding diaryl/α,β-unsaturated/α-hetero) is 1. The van der Waals surface area contributed by atoms with Gasteiger partial charge in [0, 0.05) is 30.0 Å². The molecule has 3 aromatic carbocycles. The number of hydrogen-bond acceptors (Lipinski definition) is 6. The number of carbonyl (C=O) groups excluding carboxylic acids is 2. The van der Waals surface area contributed by atoms with Gasteiger partial charge in [-0.25, -0.2) is 0 Å². The summed E-state index contributed by atoms with van der Waals surface area (Å²) in [4.78, 5) is 30.5. The molecule has 1 unspecified atom stereocenters. The Labute approximate surface area is 222 Å².